The summed E-state index contributed by atoms with van der Waals surface area (Å²) in [4.78, 5) is 0. The molecule has 0 aromatic heterocycles. The third-order valence-corrected chi connectivity index (χ3v) is 5.74. The summed E-state index contributed by atoms with van der Waals surface area (Å²) >= 11 is 0. The highest BCUT2D eigenvalue weighted by Crippen LogP contribution is 2.45. The van der Waals surface area contributed by atoms with E-state index in [2.05, 4.69) is 3.63 Å². The molecule has 5 nitrogen and oxygen atoms in total. The van der Waals surface area contributed by atoms with E-state index in [-0.39, 0.29) is 0 Å². The van der Waals surface area contributed by atoms with Crippen molar-refractivity contribution in [1.29, 1.82) is 0 Å². The maximum atomic E-state index is 12.2. The summed E-state index contributed by atoms with van der Waals surface area (Å²) < 4.78 is 118. The maximum Gasteiger partial charge on any atom is 0.409 e. The van der Waals surface area contributed by atoms with Gasteiger partial charge >= 0.3 is 12.4 Å². The Morgan fingerprint density at radius 2 is 0.941 bits per heavy atom. The number of hydrogen-bond acceptors (Lipinski definition) is 5. The molecular formula is C4H2F6O5S2. The lowest BCUT2D eigenvalue weighted by Gasteiger charge is -2.19. The molecule has 0 aliphatic carbocycles. The van der Waals surface area contributed by atoms with Gasteiger partial charge in [-0.2, -0.15) is 43.2 Å². The van der Waals surface area contributed by atoms with Crippen molar-refractivity contribution in [3.8, 4) is 0 Å². The van der Waals surface area contributed by atoms with Gasteiger partial charge < -0.3 is 0 Å². The molecule has 0 saturated carbocycles. The molecule has 1 saturated heterocycles. The molecule has 2 atom stereocenters. The molecule has 1 rings (SSSR count). The minimum Gasteiger partial charge on any atom is -0.198 e. The minimum absolute atomic E-state index is 2.92. The molecule has 1 heterocycles. The molecule has 1 aliphatic heterocycles. The fourth-order valence-corrected chi connectivity index (χ4v) is 5.31. The zero-order valence-corrected chi connectivity index (χ0v) is 8.91. The Morgan fingerprint density at radius 3 is 1.12 bits per heavy atom. The first kappa shape index (κ1) is 14.5. The zero-order chi connectivity index (χ0) is 13.9. The molecule has 0 amide bonds. The van der Waals surface area contributed by atoms with Gasteiger partial charge in [0, 0.05) is 0 Å². The Morgan fingerprint density at radius 1 is 0.706 bits per heavy atom. The maximum absolute atomic E-state index is 12.2. The Kier molecular flexibility index (Phi) is 2.96. The highest BCUT2D eigenvalue weighted by molar-refractivity contribution is 8.04. The molecule has 13 heteroatoms. The van der Waals surface area contributed by atoms with Gasteiger partial charge in [-0.05, 0) is 0 Å². The van der Waals surface area contributed by atoms with Crippen molar-refractivity contribution in [3.05, 3.63) is 0 Å². The Balaban J connectivity index is 3.53. The van der Waals surface area contributed by atoms with Crippen molar-refractivity contribution in [2.24, 2.45) is 0 Å². The molecule has 0 radical (unpaired) electrons. The molecule has 0 bridgehead atoms. The number of rotatable bonds is 0. The van der Waals surface area contributed by atoms with Crippen molar-refractivity contribution in [2.75, 3.05) is 0 Å². The van der Waals surface area contributed by atoms with Crippen LogP contribution in [0.15, 0.2) is 0 Å². The smallest absolute Gasteiger partial charge is 0.198 e. The van der Waals surface area contributed by atoms with Crippen molar-refractivity contribution in [2.45, 2.75) is 22.9 Å². The zero-order valence-electron chi connectivity index (χ0n) is 7.28. The second-order valence-corrected chi connectivity index (χ2v) is 6.51. The van der Waals surface area contributed by atoms with Gasteiger partial charge in [0.2, 0.25) is 10.5 Å². The van der Waals surface area contributed by atoms with E-state index in [1.165, 1.54) is 0 Å². The lowest BCUT2D eigenvalue weighted by atomic mass is 10.3. The van der Waals surface area contributed by atoms with Crippen LogP contribution in [0.4, 0.5) is 26.3 Å². The second kappa shape index (κ2) is 3.47. The third-order valence-electron chi connectivity index (χ3n) is 1.73. The van der Waals surface area contributed by atoms with E-state index in [1.54, 1.807) is 0 Å². The van der Waals surface area contributed by atoms with Crippen LogP contribution in [-0.4, -0.2) is 39.7 Å². The van der Waals surface area contributed by atoms with Crippen molar-refractivity contribution in [3.63, 3.8) is 0 Å². The van der Waals surface area contributed by atoms with Crippen molar-refractivity contribution in [1.82, 2.24) is 0 Å². The highest BCUT2D eigenvalue weighted by Gasteiger charge is 2.73. The summed E-state index contributed by atoms with van der Waals surface area (Å²) in [5.41, 5.74) is 0. The fraction of sp³-hybridized carbons (Fsp3) is 1.00. The van der Waals surface area contributed by atoms with E-state index < -0.39 is 43.1 Å². The lowest BCUT2D eigenvalue weighted by molar-refractivity contribution is -0.175. The van der Waals surface area contributed by atoms with Crippen LogP contribution in [0.5, 0.6) is 0 Å². The van der Waals surface area contributed by atoms with E-state index in [0.717, 1.165) is 0 Å². The van der Waals surface area contributed by atoms with E-state index in [4.69, 9.17) is 0 Å². The molecule has 0 aromatic carbocycles. The third kappa shape index (κ3) is 2.49. The van der Waals surface area contributed by atoms with Crippen molar-refractivity contribution < 1.29 is 46.8 Å². The average molecular weight is 308 g/mol. The quantitative estimate of drug-likeness (QED) is 0.610. The Bertz CT molecular complexity index is 464. The van der Waals surface area contributed by atoms with E-state index in [1.807, 2.05) is 0 Å². The van der Waals surface area contributed by atoms with Crippen LogP contribution in [0.2, 0.25) is 0 Å². The molecule has 102 valence electrons. The summed E-state index contributed by atoms with van der Waals surface area (Å²) in [6.45, 7) is 0. The van der Waals surface area contributed by atoms with Crippen LogP contribution in [0.1, 0.15) is 0 Å². The molecule has 2 unspecified atom stereocenters. The first-order valence-corrected chi connectivity index (χ1v) is 6.46. The number of halogens is 6. The first-order valence-electron chi connectivity index (χ1n) is 3.52. The van der Waals surface area contributed by atoms with Crippen LogP contribution >= 0.6 is 0 Å². The normalized spacial score (nSPS) is 32.6. The first-order chi connectivity index (χ1) is 7.20. The van der Waals surface area contributed by atoms with Gasteiger partial charge in [-0.3, -0.25) is 0 Å². The molecular weight excluding hydrogens is 306 g/mol. The predicted molar refractivity (Wildman–Crippen MR) is 38.6 cm³/mol. The number of hydrogen-bond donors (Lipinski definition) is 0. The highest BCUT2D eigenvalue weighted by atomic mass is 32.3. The average Bonchev–Trinajstić information content (AvgIpc) is 2.10. The van der Waals surface area contributed by atoms with Gasteiger partial charge in [0.25, 0.3) is 20.2 Å². The van der Waals surface area contributed by atoms with Gasteiger partial charge in [0.1, 0.15) is 0 Å². The van der Waals surface area contributed by atoms with E-state index >= 15 is 0 Å². The SMILES string of the molecule is O=S1(=O)OS(=O)(=O)C(C(F)(F)F)C1C(F)(F)F. The Hall–Kier alpha value is -0.560. The summed E-state index contributed by atoms with van der Waals surface area (Å²) in [6, 6.07) is 0. The van der Waals surface area contributed by atoms with Gasteiger partial charge in [-0.1, -0.05) is 0 Å². The van der Waals surface area contributed by atoms with Crippen LogP contribution in [-0.2, 0) is 23.9 Å². The largest absolute Gasteiger partial charge is 0.409 e. The van der Waals surface area contributed by atoms with Gasteiger partial charge in [-0.25, -0.2) is 0 Å². The fourth-order valence-electron chi connectivity index (χ4n) is 1.19. The van der Waals surface area contributed by atoms with Gasteiger partial charge in [0.15, 0.2) is 0 Å². The predicted octanol–water partition coefficient (Wildman–Crippen LogP) is 0.538. The molecule has 0 spiro atoms. The summed E-state index contributed by atoms with van der Waals surface area (Å²) in [7, 11) is -11.8. The van der Waals surface area contributed by atoms with Crippen LogP contribution in [0.3, 0.4) is 0 Å². The molecule has 0 aromatic rings. The summed E-state index contributed by atoms with van der Waals surface area (Å²) in [5.74, 6) is 0. The van der Waals surface area contributed by atoms with Gasteiger partial charge in [0.05, 0.1) is 0 Å². The van der Waals surface area contributed by atoms with Gasteiger partial charge in [-0.15, -0.1) is 3.63 Å². The number of alkyl halides is 6. The molecule has 1 aliphatic rings. The topological polar surface area (TPSA) is 77.5 Å². The summed E-state index contributed by atoms with van der Waals surface area (Å²) in [6.07, 6.45) is -11.8. The standard InChI is InChI=1S/C4H2F6O5S2/c5-3(6,7)1-2(4(8,9)10)17(13,14)15-16(1,11)12/h1-2H. The van der Waals surface area contributed by atoms with Crippen LogP contribution in [0.25, 0.3) is 0 Å². The molecule has 17 heavy (non-hydrogen) atoms. The monoisotopic (exact) mass is 308 g/mol. The minimum atomic E-state index is -5.92. The van der Waals surface area contributed by atoms with Crippen molar-refractivity contribution >= 4 is 20.2 Å². The summed E-state index contributed by atoms with van der Waals surface area (Å²) in [5, 5.41) is -8.33. The van der Waals surface area contributed by atoms with Crippen LogP contribution in [0, 0.1) is 0 Å². The second-order valence-electron chi connectivity index (χ2n) is 2.98. The van der Waals surface area contributed by atoms with E-state index in [9.17, 15) is 43.2 Å². The van der Waals surface area contributed by atoms with E-state index in [0.29, 0.717) is 0 Å². The lowest BCUT2D eigenvalue weighted by Crippen LogP contribution is -2.49. The van der Waals surface area contributed by atoms with Crippen LogP contribution < -0.4 is 0 Å². The molecule has 0 N–H and O–H groups in total. The molecule has 1 fully saturated rings. The Labute approximate surface area is 90.6 Å².